The number of carboxylic acid groups (broad SMARTS) is 1. The highest BCUT2D eigenvalue weighted by Gasteiger charge is 2.34. The van der Waals surface area contributed by atoms with E-state index < -0.39 is 36.1 Å². The Bertz CT molecular complexity index is 632. The van der Waals surface area contributed by atoms with Crippen molar-refractivity contribution in [3.8, 4) is 11.5 Å². The summed E-state index contributed by atoms with van der Waals surface area (Å²) in [5.41, 5.74) is 5.21. The number of rotatable bonds is 9. The van der Waals surface area contributed by atoms with Crippen molar-refractivity contribution in [1.29, 1.82) is 0 Å². The zero-order valence-corrected chi connectivity index (χ0v) is 14.2. The van der Waals surface area contributed by atoms with Crippen LogP contribution in [0.2, 0.25) is 0 Å². The van der Waals surface area contributed by atoms with Crippen LogP contribution in [0.3, 0.4) is 0 Å². The molecule has 0 spiro atoms. The van der Waals surface area contributed by atoms with Crippen LogP contribution in [0.15, 0.2) is 18.2 Å². The number of carboxylic acids is 1. The summed E-state index contributed by atoms with van der Waals surface area (Å²) >= 11 is 0. The Morgan fingerprint density at radius 2 is 1.74 bits per heavy atom. The van der Waals surface area contributed by atoms with Gasteiger partial charge in [0.2, 0.25) is 0 Å². The van der Waals surface area contributed by atoms with Gasteiger partial charge in [-0.25, -0.2) is 0 Å². The molecular formula is C16H19F6NO4. The first-order chi connectivity index (χ1) is 12.3. The summed E-state index contributed by atoms with van der Waals surface area (Å²) in [5, 5.41) is 8.98. The van der Waals surface area contributed by atoms with Gasteiger partial charge in [0, 0.05) is 6.54 Å². The van der Waals surface area contributed by atoms with Crippen molar-refractivity contribution in [2.24, 2.45) is 17.6 Å². The fraction of sp³-hybridized carbons (Fsp3) is 0.562. The molecule has 0 amide bonds. The number of halogens is 6. The van der Waals surface area contributed by atoms with Gasteiger partial charge in [0.15, 0.2) is 0 Å². The maximum atomic E-state index is 12.5. The van der Waals surface area contributed by atoms with Gasteiger partial charge in [-0.1, -0.05) is 6.92 Å². The van der Waals surface area contributed by atoms with E-state index in [1.807, 2.05) is 0 Å². The Morgan fingerprint density at radius 3 is 2.22 bits per heavy atom. The van der Waals surface area contributed by atoms with Crippen LogP contribution in [0.1, 0.15) is 25.3 Å². The molecule has 1 aromatic carbocycles. The number of aryl methyl sites for hydroxylation is 1. The molecule has 3 N–H and O–H groups in total. The predicted molar refractivity (Wildman–Crippen MR) is 82.1 cm³/mol. The van der Waals surface area contributed by atoms with Crippen LogP contribution in [0.25, 0.3) is 0 Å². The molecule has 1 aromatic rings. The maximum absolute atomic E-state index is 12.5. The zero-order chi connectivity index (χ0) is 20.8. The number of aliphatic carboxylic acids is 1. The fourth-order valence-corrected chi connectivity index (χ4v) is 2.48. The third kappa shape index (κ3) is 8.85. The summed E-state index contributed by atoms with van der Waals surface area (Å²) in [6.07, 6.45) is -9.68. The minimum Gasteiger partial charge on any atom is -0.481 e. The van der Waals surface area contributed by atoms with Gasteiger partial charge in [-0.05, 0) is 48.9 Å². The van der Waals surface area contributed by atoms with Crippen LogP contribution < -0.4 is 15.2 Å². The SMILES string of the molecule is CC(CCc1cc(OC(F)(F)F)ccc1OC(F)(F)F)CC(CN)C(=O)O. The minimum absolute atomic E-state index is 0.0709. The van der Waals surface area contributed by atoms with Crippen LogP contribution in [0, 0.1) is 11.8 Å². The average Bonchev–Trinajstić information content (AvgIpc) is 2.49. The first kappa shape index (κ1) is 22.9. The molecule has 27 heavy (non-hydrogen) atoms. The molecule has 0 heterocycles. The summed E-state index contributed by atoms with van der Waals surface area (Å²) < 4.78 is 82.0. The molecule has 154 valence electrons. The van der Waals surface area contributed by atoms with Crippen LogP contribution in [0.4, 0.5) is 26.3 Å². The Morgan fingerprint density at radius 1 is 1.15 bits per heavy atom. The Hall–Kier alpha value is -2.17. The van der Waals surface area contributed by atoms with E-state index in [9.17, 15) is 31.1 Å². The molecule has 5 nitrogen and oxygen atoms in total. The molecule has 0 saturated heterocycles. The molecule has 0 aliphatic rings. The standard InChI is InChI=1S/C16H19F6NO4/c1-9(6-11(8-23)14(24)25)2-3-10-7-12(26-15(17,18)19)4-5-13(10)27-16(20,21)22/h4-5,7,9,11H,2-3,6,8,23H2,1H3,(H,24,25). The molecule has 0 aliphatic carbocycles. The van der Waals surface area contributed by atoms with Gasteiger partial charge in [0.25, 0.3) is 0 Å². The first-order valence-electron chi connectivity index (χ1n) is 7.88. The number of benzene rings is 1. The maximum Gasteiger partial charge on any atom is 0.573 e. The number of nitrogens with two attached hydrogens (primary N) is 1. The highest BCUT2D eigenvalue weighted by molar-refractivity contribution is 5.70. The van der Waals surface area contributed by atoms with E-state index in [1.165, 1.54) is 0 Å². The van der Waals surface area contributed by atoms with Crippen molar-refractivity contribution < 1.29 is 45.7 Å². The first-order valence-corrected chi connectivity index (χ1v) is 7.88. The molecule has 11 heteroatoms. The molecule has 0 bridgehead atoms. The third-order valence-corrected chi connectivity index (χ3v) is 3.72. The average molecular weight is 403 g/mol. The molecule has 2 unspecified atom stereocenters. The van der Waals surface area contributed by atoms with Crippen LogP contribution in [-0.4, -0.2) is 30.3 Å². The van der Waals surface area contributed by atoms with Crippen LogP contribution in [-0.2, 0) is 11.2 Å². The molecular weight excluding hydrogens is 384 g/mol. The summed E-state index contributed by atoms with van der Waals surface area (Å²) in [5.74, 6) is -3.47. The van der Waals surface area contributed by atoms with Gasteiger partial charge >= 0.3 is 18.7 Å². The molecule has 0 aromatic heterocycles. The largest absolute Gasteiger partial charge is 0.573 e. The predicted octanol–water partition coefficient (Wildman–Crippen LogP) is 4.10. The van der Waals surface area contributed by atoms with Crippen molar-refractivity contribution >= 4 is 5.97 Å². The topological polar surface area (TPSA) is 81.8 Å². The van der Waals surface area contributed by atoms with Crippen molar-refractivity contribution in [3.05, 3.63) is 23.8 Å². The van der Waals surface area contributed by atoms with Crippen molar-refractivity contribution in [2.45, 2.75) is 38.9 Å². The zero-order valence-electron chi connectivity index (χ0n) is 14.2. The van der Waals surface area contributed by atoms with Gasteiger partial charge in [-0.3, -0.25) is 4.79 Å². The second kappa shape index (κ2) is 9.16. The number of hydrogen-bond acceptors (Lipinski definition) is 4. The van der Waals surface area contributed by atoms with Crippen LogP contribution in [0.5, 0.6) is 11.5 Å². The minimum atomic E-state index is -5.01. The summed E-state index contributed by atoms with van der Waals surface area (Å²) in [6, 6.07) is 2.28. The van der Waals surface area contributed by atoms with E-state index in [1.54, 1.807) is 6.92 Å². The second-order valence-corrected chi connectivity index (χ2v) is 6.02. The lowest BCUT2D eigenvalue weighted by atomic mass is 9.91. The quantitative estimate of drug-likeness (QED) is 0.607. The number of ether oxygens (including phenoxy) is 2. The van der Waals surface area contributed by atoms with Crippen molar-refractivity contribution in [2.75, 3.05) is 6.54 Å². The second-order valence-electron chi connectivity index (χ2n) is 6.02. The summed E-state index contributed by atoms with van der Waals surface area (Å²) in [4.78, 5) is 11.0. The fourth-order valence-electron chi connectivity index (χ4n) is 2.48. The van der Waals surface area contributed by atoms with E-state index in [0.717, 1.165) is 18.2 Å². The number of hydrogen-bond donors (Lipinski definition) is 2. The van der Waals surface area contributed by atoms with E-state index in [-0.39, 0.29) is 37.3 Å². The van der Waals surface area contributed by atoms with E-state index in [4.69, 9.17) is 10.8 Å². The van der Waals surface area contributed by atoms with Gasteiger partial charge in [-0.15, -0.1) is 26.3 Å². The lowest BCUT2D eigenvalue weighted by Crippen LogP contribution is -2.25. The molecule has 1 rings (SSSR count). The molecule has 0 radical (unpaired) electrons. The monoisotopic (exact) mass is 403 g/mol. The van der Waals surface area contributed by atoms with E-state index in [0.29, 0.717) is 0 Å². The smallest absolute Gasteiger partial charge is 0.481 e. The Labute approximate surface area is 151 Å². The Balaban J connectivity index is 2.93. The van der Waals surface area contributed by atoms with Crippen molar-refractivity contribution in [3.63, 3.8) is 0 Å². The molecule has 0 aliphatic heterocycles. The molecule has 2 atom stereocenters. The third-order valence-electron chi connectivity index (χ3n) is 3.72. The van der Waals surface area contributed by atoms with Gasteiger partial charge < -0.3 is 20.3 Å². The summed E-state index contributed by atoms with van der Waals surface area (Å²) in [7, 11) is 0. The van der Waals surface area contributed by atoms with E-state index >= 15 is 0 Å². The highest BCUT2D eigenvalue weighted by Crippen LogP contribution is 2.33. The molecule has 0 fully saturated rings. The lowest BCUT2D eigenvalue weighted by Gasteiger charge is -2.18. The molecule has 0 saturated carbocycles. The van der Waals surface area contributed by atoms with Gasteiger partial charge in [-0.2, -0.15) is 0 Å². The van der Waals surface area contributed by atoms with Crippen LogP contribution >= 0.6 is 0 Å². The lowest BCUT2D eigenvalue weighted by molar-refractivity contribution is -0.277. The van der Waals surface area contributed by atoms with E-state index in [2.05, 4.69) is 9.47 Å². The highest BCUT2D eigenvalue weighted by atomic mass is 19.4. The number of alkyl halides is 6. The van der Waals surface area contributed by atoms with Gasteiger partial charge in [0.05, 0.1) is 5.92 Å². The van der Waals surface area contributed by atoms with Gasteiger partial charge in [0.1, 0.15) is 11.5 Å². The van der Waals surface area contributed by atoms with Crippen molar-refractivity contribution in [1.82, 2.24) is 0 Å². The number of carbonyl (C=O) groups is 1. The Kier molecular flexibility index (Phi) is 7.76. The normalized spacial score (nSPS) is 14.5. The summed E-state index contributed by atoms with van der Waals surface area (Å²) in [6.45, 7) is 1.57.